The van der Waals surface area contributed by atoms with Gasteiger partial charge in [-0.2, -0.15) is 0 Å². The standard InChI is InChI=1S/C10H17NO3/c1-4-14-10(13)11-6-5-8(7(2)3)9(11)12/h7-8H,4-6H2,1-3H3/t8-/m0/s1. The van der Waals surface area contributed by atoms with E-state index in [1.807, 2.05) is 13.8 Å². The van der Waals surface area contributed by atoms with Crippen LogP contribution in [0.2, 0.25) is 0 Å². The van der Waals surface area contributed by atoms with E-state index in [1.165, 1.54) is 4.90 Å². The van der Waals surface area contributed by atoms with Crippen LogP contribution in [0.3, 0.4) is 0 Å². The highest BCUT2D eigenvalue weighted by Gasteiger charge is 2.37. The molecule has 0 spiro atoms. The molecule has 0 aromatic carbocycles. The summed E-state index contributed by atoms with van der Waals surface area (Å²) in [5.41, 5.74) is 0. The number of nitrogens with zero attached hydrogens (tertiary/aromatic N) is 1. The molecule has 1 rings (SSSR count). The maximum absolute atomic E-state index is 11.7. The molecule has 4 heteroatoms. The van der Waals surface area contributed by atoms with Gasteiger partial charge in [-0.25, -0.2) is 9.69 Å². The van der Waals surface area contributed by atoms with Crippen LogP contribution in [-0.2, 0) is 9.53 Å². The molecule has 0 saturated carbocycles. The van der Waals surface area contributed by atoms with Crippen molar-refractivity contribution in [3.8, 4) is 0 Å². The maximum Gasteiger partial charge on any atom is 0.416 e. The van der Waals surface area contributed by atoms with Gasteiger partial charge in [0.2, 0.25) is 5.91 Å². The fraction of sp³-hybridized carbons (Fsp3) is 0.800. The largest absolute Gasteiger partial charge is 0.449 e. The second-order valence-corrected chi connectivity index (χ2v) is 3.83. The molecular weight excluding hydrogens is 182 g/mol. The highest BCUT2D eigenvalue weighted by molar-refractivity contribution is 5.95. The van der Waals surface area contributed by atoms with Gasteiger partial charge >= 0.3 is 6.09 Å². The molecule has 80 valence electrons. The van der Waals surface area contributed by atoms with E-state index in [9.17, 15) is 9.59 Å². The summed E-state index contributed by atoms with van der Waals surface area (Å²) in [5, 5.41) is 0. The van der Waals surface area contributed by atoms with Gasteiger partial charge in [-0.3, -0.25) is 4.79 Å². The van der Waals surface area contributed by atoms with Crippen molar-refractivity contribution >= 4 is 12.0 Å². The molecule has 0 N–H and O–H groups in total. The maximum atomic E-state index is 11.7. The van der Waals surface area contributed by atoms with Crippen molar-refractivity contribution in [2.75, 3.05) is 13.2 Å². The average molecular weight is 199 g/mol. The number of ether oxygens (including phenoxy) is 1. The number of hydrogen-bond donors (Lipinski definition) is 0. The number of amides is 2. The summed E-state index contributed by atoms with van der Waals surface area (Å²) in [4.78, 5) is 24.2. The number of carbonyl (C=O) groups is 2. The SMILES string of the molecule is CCOC(=O)N1CC[C@@H](C(C)C)C1=O. The Kier molecular flexibility index (Phi) is 3.49. The molecule has 1 fully saturated rings. The van der Waals surface area contributed by atoms with E-state index >= 15 is 0 Å². The molecule has 1 aliphatic heterocycles. The van der Waals surface area contributed by atoms with E-state index in [-0.39, 0.29) is 11.8 Å². The van der Waals surface area contributed by atoms with Crippen LogP contribution >= 0.6 is 0 Å². The molecule has 0 bridgehead atoms. The number of carbonyl (C=O) groups excluding carboxylic acids is 2. The average Bonchev–Trinajstić information content (AvgIpc) is 2.47. The predicted molar refractivity (Wildman–Crippen MR) is 51.7 cm³/mol. The third kappa shape index (κ3) is 2.05. The lowest BCUT2D eigenvalue weighted by atomic mass is 9.95. The fourth-order valence-electron chi connectivity index (χ4n) is 1.70. The molecule has 14 heavy (non-hydrogen) atoms. The molecule has 0 aliphatic carbocycles. The Bertz CT molecular complexity index is 238. The van der Waals surface area contributed by atoms with Gasteiger partial charge < -0.3 is 4.74 Å². The topological polar surface area (TPSA) is 46.6 Å². The van der Waals surface area contributed by atoms with Crippen LogP contribution in [0.5, 0.6) is 0 Å². The first-order chi connectivity index (χ1) is 6.57. The lowest BCUT2D eigenvalue weighted by molar-refractivity contribution is -0.130. The van der Waals surface area contributed by atoms with E-state index in [4.69, 9.17) is 4.74 Å². The minimum Gasteiger partial charge on any atom is -0.449 e. The lowest BCUT2D eigenvalue weighted by Crippen LogP contribution is -2.35. The monoisotopic (exact) mass is 199 g/mol. The third-order valence-electron chi connectivity index (χ3n) is 2.54. The smallest absolute Gasteiger partial charge is 0.416 e. The molecule has 0 aromatic rings. The first kappa shape index (κ1) is 11.0. The van der Waals surface area contributed by atoms with E-state index in [0.29, 0.717) is 19.1 Å². The summed E-state index contributed by atoms with van der Waals surface area (Å²) in [6.07, 6.45) is 0.260. The van der Waals surface area contributed by atoms with Crippen LogP contribution in [0.4, 0.5) is 4.79 Å². The molecular formula is C10H17NO3. The van der Waals surface area contributed by atoms with Crippen LogP contribution in [0.1, 0.15) is 27.2 Å². The van der Waals surface area contributed by atoms with Crippen molar-refractivity contribution in [2.24, 2.45) is 11.8 Å². The molecule has 1 atom stereocenters. The van der Waals surface area contributed by atoms with Crippen molar-refractivity contribution in [1.29, 1.82) is 0 Å². The molecule has 0 unspecified atom stereocenters. The lowest BCUT2D eigenvalue weighted by Gasteiger charge is -2.15. The van der Waals surface area contributed by atoms with Gasteiger partial charge in [0.25, 0.3) is 0 Å². The van der Waals surface area contributed by atoms with Gasteiger partial charge in [0.1, 0.15) is 0 Å². The zero-order chi connectivity index (χ0) is 10.7. The Balaban J connectivity index is 2.59. The van der Waals surface area contributed by atoms with E-state index < -0.39 is 6.09 Å². The van der Waals surface area contributed by atoms with Crippen LogP contribution in [-0.4, -0.2) is 30.1 Å². The summed E-state index contributed by atoms with van der Waals surface area (Å²) in [7, 11) is 0. The van der Waals surface area contributed by atoms with Crippen molar-refractivity contribution in [1.82, 2.24) is 4.90 Å². The fourth-order valence-corrected chi connectivity index (χ4v) is 1.70. The van der Waals surface area contributed by atoms with E-state index in [2.05, 4.69) is 0 Å². The summed E-state index contributed by atoms with van der Waals surface area (Å²) in [6.45, 7) is 6.54. The molecule has 1 aliphatic rings. The van der Waals surface area contributed by atoms with Crippen molar-refractivity contribution in [3.05, 3.63) is 0 Å². The Morgan fingerprint density at radius 1 is 1.64 bits per heavy atom. The number of rotatable bonds is 2. The zero-order valence-electron chi connectivity index (χ0n) is 8.95. The molecule has 0 aromatic heterocycles. The van der Waals surface area contributed by atoms with Crippen molar-refractivity contribution < 1.29 is 14.3 Å². The molecule has 4 nitrogen and oxygen atoms in total. The quantitative estimate of drug-likeness (QED) is 0.679. The normalized spacial score (nSPS) is 21.9. The number of imide groups is 1. The highest BCUT2D eigenvalue weighted by Crippen LogP contribution is 2.25. The van der Waals surface area contributed by atoms with E-state index in [1.54, 1.807) is 6.92 Å². The second kappa shape index (κ2) is 4.44. The van der Waals surface area contributed by atoms with Gasteiger partial charge in [-0.15, -0.1) is 0 Å². The second-order valence-electron chi connectivity index (χ2n) is 3.83. The van der Waals surface area contributed by atoms with Crippen LogP contribution in [0.25, 0.3) is 0 Å². The summed E-state index contributed by atoms with van der Waals surface area (Å²) in [5.74, 6) is 0.194. The van der Waals surface area contributed by atoms with Crippen molar-refractivity contribution in [2.45, 2.75) is 27.2 Å². The van der Waals surface area contributed by atoms with Gasteiger partial charge in [0.05, 0.1) is 6.61 Å². The highest BCUT2D eigenvalue weighted by atomic mass is 16.6. The molecule has 1 heterocycles. The zero-order valence-corrected chi connectivity index (χ0v) is 8.95. The Morgan fingerprint density at radius 3 is 2.71 bits per heavy atom. The van der Waals surface area contributed by atoms with Crippen LogP contribution in [0.15, 0.2) is 0 Å². The number of likely N-dealkylation sites (tertiary alicyclic amines) is 1. The van der Waals surface area contributed by atoms with Gasteiger partial charge in [0, 0.05) is 12.5 Å². The van der Waals surface area contributed by atoms with Crippen LogP contribution in [0, 0.1) is 11.8 Å². The molecule has 0 radical (unpaired) electrons. The predicted octanol–water partition coefficient (Wildman–Crippen LogP) is 1.65. The molecule has 1 saturated heterocycles. The first-order valence-corrected chi connectivity index (χ1v) is 5.06. The summed E-state index contributed by atoms with van der Waals surface area (Å²) >= 11 is 0. The van der Waals surface area contributed by atoms with Gasteiger partial charge in [-0.1, -0.05) is 13.8 Å². The number of hydrogen-bond acceptors (Lipinski definition) is 3. The van der Waals surface area contributed by atoms with Gasteiger partial charge in [-0.05, 0) is 19.3 Å². The summed E-state index contributed by atoms with van der Waals surface area (Å²) in [6, 6.07) is 0. The third-order valence-corrected chi connectivity index (χ3v) is 2.54. The Morgan fingerprint density at radius 2 is 2.29 bits per heavy atom. The summed E-state index contributed by atoms with van der Waals surface area (Å²) < 4.78 is 4.79. The van der Waals surface area contributed by atoms with E-state index in [0.717, 1.165) is 6.42 Å². The Hall–Kier alpha value is -1.06. The minimum atomic E-state index is -0.499. The van der Waals surface area contributed by atoms with Crippen molar-refractivity contribution in [3.63, 3.8) is 0 Å². The molecule has 2 amide bonds. The van der Waals surface area contributed by atoms with Gasteiger partial charge in [0.15, 0.2) is 0 Å². The Labute approximate surface area is 84.2 Å². The van der Waals surface area contributed by atoms with Crippen LogP contribution < -0.4 is 0 Å². The first-order valence-electron chi connectivity index (χ1n) is 5.06. The minimum absolute atomic E-state index is 0.0144.